The quantitative estimate of drug-likeness (QED) is 0.848. The highest BCUT2D eigenvalue weighted by atomic mass is 32.1. The lowest BCUT2D eigenvalue weighted by Gasteiger charge is -2.26. The van der Waals surface area contributed by atoms with Gasteiger partial charge in [0, 0.05) is 17.3 Å². The molecule has 1 aliphatic rings. The second-order valence-electron chi connectivity index (χ2n) is 5.29. The van der Waals surface area contributed by atoms with Crippen LogP contribution in [0.15, 0.2) is 48.5 Å². The van der Waals surface area contributed by atoms with E-state index in [9.17, 15) is 0 Å². The van der Waals surface area contributed by atoms with Gasteiger partial charge in [-0.15, -0.1) is 0 Å². The number of nitrogens with one attached hydrogen (secondary N) is 1. The highest BCUT2D eigenvalue weighted by Gasteiger charge is 2.17. The molecule has 1 unspecified atom stereocenters. The fraction of sp³-hybridized carbons (Fsp3) is 0.235. The van der Waals surface area contributed by atoms with Crippen molar-refractivity contribution in [3.63, 3.8) is 0 Å². The first-order chi connectivity index (χ1) is 9.72. The van der Waals surface area contributed by atoms with Crippen LogP contribution in [0.3, 0.4) is 0 Å². The van der Waals surface area contributed by atoms with Gasteiger partial charge in [0.1, 0.15) is 4.99 Å². The SMILES string of the molecule is NC(=S)c1ccc(NC2CCc3ccccc3C2)cc1. The minimum Gasteiger partial charge on any atom is -0.389 e. The van der Waals surface area contributed by atoms with Gasteiger partial charge in [-0.2, -0.15) is 0 Å². The molecule has 0 amide bonds. The maximum atomic E-state index is 5.61. The van der Waals surface area contributed by atoms with E-state index in [1.54, 1.807) is 0 Å². The van der Waals surface area contributed by atoms with Gasteiger partial charge in [0.15, 0.2) is 0 Å². The molecule has 0 aliphatic heterocycles. The second kappa shape index (κ2) is 5.63. The van der Waals surface area contributed by atoms with Gasteiger partial charge >= 0.3 is 0 Å². The summed E-state index contributed by atoms with van der Waals surface area (Å²) in [6.45, 7) is 0. The first-order valence-electron chi connectivity index (χ1n) is 6.95. The Bertz CT molecular complexity index is 619. The van der Waals surface area contributed by atoms with Crippen molar-refractivity contribution in [1.29, 1.82) is 0 Å². The predicted octanol–water partition coefficient (Wildman–Crippen LogP) is 3.29. The van der Waals surface area contributed by atoms with Crippen LogP contribution >= 0.6 is 12.2 Å². The van der Waals surface area contributed by atoms with Gasteiger partial charge in [-0.1, -0.05) is 36.5 Å². The second-order valence-corrected chi connectivity index (χ2v) is 5.73. The third-order valence-corrected chi connectivity index (χ3v) is 4.12. The van der Waals surface area contributed by atoms with Gasteiger partial charge in [-0.05, 0) is 54.7 Å². The number of aryl methyl sites for hydroxylation is 1. The van der Waals surface area contributed by atoms with Crippen molar-refractivity contribution in [2.45, 2.75) is 25.3 Å². The third kappa shape index (κ3) is 2.83. The van der Waals surface area contributed by atoms with Crippen LogP contribution in [-0.2, 0) is 12.8 Å². The van der Waals surface area contributed by atoms with Crippen molar-refractivity contribution < 1.29 is 0 Å². The number of fused-ring (bicyclic) bond motifs is 1. The van der Waals surface area contributed by atoms with Gasteiger partial charge in [0.2, 0.25) is 0 Å². The van der Waals surface area contributed by atoms with Gasteiger partial charge in [-0.25, -0.2) is 0 Å². The summed E-state index contributed by atoms with van der Waals surface area (Å²) in [7, 11) is 0. The molecule has 2 aromatic rings. The Balaban J connectivity index is 1.69. The Morgan fingerprint density at radius 3 is 2.45 bits per heavy atom. The van der Waals surface area contributed by atoms with Crippen LogP contribution in [0, 0.1) is 0 Å². The van der Waals surface area contributed by atoms with Gasteiger partial charge in [0.05, 0.1) is 0 Å². The largest absolute Gasteiger partial charge is 0.389 e. The number of nitrogens with two attached hydrogens (primary N) is 1. The normalized spacial score (nSPS) is 17.3. The van der Waals surface area contributed by atoms with E-state index >= 15 is 0 Å². The molecule has 20 heavy (non-hydrogen) atoms. The van der Waals surface area contributed by atoms with Crippen LogP contribution in [0.1, 0.15) is 23.1 Å². The molecule has 0 saturated heterocycles. The zero-order chi connectivity index (χ0) is 13.9. The van der Waals surface area contributed by atoms with E-state index in [1.165, 1.54) is 17.5 Å². The molecule has 0 fully saturated rings. The summed E-state index contributed by atoms with van der Waals surface area (Å²) < 4.78 is 0. The van der Waals surface area contributed by atoms with Gasteiger partial charge < -0.3 is 11.1 Å². The highest BCUT2D eigenvalue weighted by molar-refractivity contribution is 7.80. The fourth-order valence-corrected chi connectivity index (χ4v) is 2.92. The van der Waals surface area contributed by atoms with Crippen LogP contribution in [-0.4, -0.2) is 11.0 Å². The molecule has 1 aliphatic carbocycles. The van der Waals surface area contributed by atoms with E-state index in [-0.39, 0.29) is 0 Å². The van der Waals surface area contributed by atoms with Crippen LogP contribution in [0.25, 0.3) is 0 Å². The van der Waals surface area contributed by atoms with Crippen molar-refractivity contribution in [2.24, 2.45) is 5.73 Å². The molecule has 0 aromatic heterocycles. The van der Waals surface area contributed by atoms with Crippen LogP contribution in [0.5, 0.6) is 0 Å². The van der Waals surface area contributed by atoms with E-state index in [0.29, 0.717) is 11.0 Å². The number of rotatable bonds is 3. The monoisotopic (exact) mass is 282 g/mol. The van der Waals surface area contributed by atoms with Crippen LogP contribution in [0.2, 0.25) is 0 Å². The summed E-state index contributed by atoms with van der Waals surface area (Å²) in [5.41, 5.74) is 10.6. The Kier molecular flexibility index (Phi) is 3.70. The number of thiocarbonyl (C=S) groups is 1. The molecule has 3 rings (SSSR count). The molecule has 0 bridgehead atoms. The first kappa shape index (κ1) is 13.1. The standard InChI is InChI=1S/C17H18N2S/c18-17(20)13-6-8-15(9-7-13)19-16-10-5-12-3-1-2-4-14(12)11-16/h1-4,6-9,16,19H,5,10-11H2,(H2,18,20). The minimum absolute atomic E-state index is 0.447. The van der Waals surface area contributed by atoms with Crippen molar-refractivity contribution in [3.8, 4) is 0 Å². The molecule has 0 heterocycles. The number of hydrogen-bond acceptors (Lipinski definition) is 2. The molecular formula is C17H18N2S. The summed E-state index contributed by atoms with van der Waals surface area (Å²) in [5, 5.41) is 3.60. The Morgan fingerprint density at radius 2 is 1.75 bits per heavy atom. The molecule has 102 valence electrons. The van der Waals surface area contributed by atoms with Gasteiger partial charge in [-0.3, -0.25) is 0 Å². The van der Waals surface area contributed by atoms with Crippen molar-refractivity contribution in [2.75, 3.05) is 5.32 Å². The maximum absolute atomic E-state index is 5.61. The zero-order valence-electron chi connectivity index (χ0n) is 11.3. The van der Waals surface area contributed by atoms with Gasteiger partial charge in [0.25, 0.3) is 0 Å². The van der Waals surface area contributed by atoms with Crippen molar-refractivity contribution >= 4 is 22.9 Å². The van der Waals surface area contributed by atoms with Crippen LogP contribution in [0.4, 0.5) is 5.69 Å². The molecule has 0 spiro atoms. The smallest absolute Gasteiger partial charge is 0.103 e. The average Bonchev–Trinajstić information content (AvgIpc) is 2.48. The predicted molar refractivity (Wildman–Crippen MR) is 88.2 cm³/mol. The number of hydrogen-bond donors (Lipinski definition) is 2. The molecular weight excluding hydrogens is 264 g/mol. The van der Waals surface area contributed by atoms with Crippen LogP contribution < -0.4 is 11.1 Å². The third-order valence-electron chi connectivity index (χ3n) is 3.89. The topological polar surface area (TPSA) is 38.0 Å². The number of anilines is 1. The summed E-state index contributed by atoms with van der Waals surface area (Å²) in [6, 6.07) is 17.3. The highest BCUT2D eigenvalue weighted by Crippen LogP contribution is 2.23. The maximum Gasteiger partial charge on any atom is 0.103 e. The Hall–Kier alpha value is -1.87. The summed E-state index contributed by atoms with van der Waals surface area (Å²) in [4.78, 5) is 0.447. The summed E-state index contributed by atoms with van der Waals surface area (Å²) >= 11 is 4.97. The molecule has 0 saturated carbocycles. The summed E-state index contributed by atoms with van der Waals surface area (Å²) in [6.07, 6.45) is 3.42. The summed E-state index contributed by atoms with van der Waals surface area (Å²) in [5.74, 6) is 0. The lowest BCUT2D eigenvalue weighted by atomic mass is 9.88. The van der Waals surface area contributed by atoms with Crippen molar-refractivity contribution in [1.82, 2.24) is 0 Å². The Labute approximate surface area is 125 Å². The molecule has 3 heteroatoms. The average molecular weight is 282 g/mol. The van der Waals surface area contributed by atoms with E-state index in [4.69, 9.17) is 18.0 Å². The molecule has 2 aromatic carbocycles. The lowest BCUT2D eigenvalue weighted by Crippen LogP contribution is -2.27. The number of benzene rings is 2. The molecule has 2 nitrogen and oxygen atoms in total. The molecule has 0 radical (unpaired) electrons. The van der Waals surface area contributed by atoms with Crippen molar-refractivity contribution in [3.05, 3.63) is 65.2 Å². The molecule has 3 N–H and O–H groups in total. The Morgan fingerprint density at radius 1 is 1.05 bits per heavy atom. The first-order valence-corrected chi connectivity index (χ1v) is 7.36. The molecule has 1 atom stereocenters. The van der Waals surface area contributed by atoms with E-state index in [0.717, 1.165) is 24.1 Å². The van der Waals surface area contributed by atoms with E-state index in [1.807, 2.05) is 12.1 Å². The minimum atomic E-state index is 0.447. The fourth-order valence-electron chi connectivity index (χ4n) is 2.79. The lowest BCUT2D eigenvalue weighted by molar-refractivity contribution is 0.611. The van der Waals surface area contributed by atoms with E-state index < -0.39 is 0 Å². The zero-order valence-corrected chi connectivity index (χ0v) is 12.1. The van der Waals surface area contributed by atoms with E-state index in [2.05, 4.69) is 41.7 Å².